The number of benzene rings is 1. The van der Waals surface area contributed by atoms with Gasteiger partial charge in [0.25, 0.3) is 0 Å². The largest absolute Gasteiger partial charge is 0.385 e. The van der Waals surface area contributed by atoms with Crippen LogP contribution in [0.5, 0.6) is 0 Å². The molecule has 2 unspecified atom stereocenters. The summed E-state index contributed by atoms with van der Waals surface area (Å²) in [4.78, 5) is 20.0. The first-order valence-electron chi connectivity index (χ1n) is 10.1. The van der Waals surface area contributed by atoms with Crippen LogP contribution in [0, 0.1) is 5.92 Å². The minimum absolute atomic E-state index is 0.0258. The van der Waals surface area contributed by atoms with Crippen LogP contribution in [0.4, 0.5) is 4.79 Å². The highest BCUT2D eigenvalue weighted by atomic mass is 16.5. The Hall–Kier alpha value is -1.63. The third kappa shape index (κ3) is 3.58. The van der Waals surface area contributed by atoms with Gasteiger partial charge >= 0.3 is 6.03 Å². The zero-order valence-electron chi connectivity index (χ0n) is 16.6. The van der Waals surface area contributed by atoms with E-state index in [1.54, 1.807) is 12.0 Å². The van der Waals surface area contributed by atoms with Crippen molar-refractivity contribution in [1.29, 1.82) is 0 Å². The summed E-state index contributed by atoms with van der Waals surface area (Å²) in [5.74, 6) is 0.478. The number of amides is 2. The summed E-state index contributed by atoms with van der Waals surface area (Å²) in [5.41, 5.74) is 1.33. The molecule has 2 amide bonds. The summed E-state index contributed by atoms with van der Waals surface area (Å²) in [6.45, 7) is 7.91. The van der Waals surface area contributed by atoms with E-state index < -0.39 is 0 Å². The molecule has 4 aliphatic rings. The normalized spacial score (nSPS) is 34.3. The minimum atomic E-state index is -0.0258. The predicted molar refractivity (Wildman–Crippen MR) is 106 cm³/mol. The van der Waals surface area contributed by atoms with Gasteiger partial charge in [-0.1, -0.05) is 30.3 Å². The maximum Gasteiger partial charge on any atom is 0.317 e. The van der Waals surface area contributed by atoms with Crippen LogP contribution in [0.1, 0.15) is 12.0 Å². The second kappa shape index (κ2) is 7.78. The van der Waals surface area contributed by atoms with Crippen LogP contribution in [-0.2, 0) is 10.2 Å². The van der Waals surface area contributed by atoms with Gasteiger partial charge in [0.05, 0.1) is 0 Å². The SMILES string of the molecule is COCCCN(C)C(=O)N[C@@H]1C2CN3CCN(C2)CC1(c1ccccc1)C3. The van der Waals surface area contributed by atoms with E-state index in [-0.39, 0.29) is 17.5 Å². The smallest absolute Gasteiger partial charge is 0.317 e. The van der Waals surface area contributed by atoms with E-state index >= 15 is 0 Å². The van der Waals surface area contributed by atoms with E-state index in [2.05, 4.69) is 45.4 Å². The molecule has 0 saturated carbocycles. The Morgan fingerprint density at radius 1 is 1.22 bits per heavy atom. The van der Waals surface area contributed by atoms with E-state index in [0.29, 0.717) is 19.1 Å². The number of carbonyl (C=O) groups excluding carboxylic acids is 1. The number of fused-ring (bicyclic) bond motifs is 1. The molecule has 4 saturated heterocycles. The van der Waals surface area contributed by atoms with E-state index in [1.165, 1.54) is 5.56 Å². The first-order valence-corrected chi connectivity index (χ1v) is 10.1. The van der Waals surface area contributed by atoms with Crippen LogP contribution in [0.3, 0.4) is 0 Å². The summed E-state index contributed by atoms with van der Waals surface area (Å²) in [6, 6.07) is 11.1. The predicted octanol–water partition coefficient (Wildman–Crippen LogP) is 1.23. The molecule has 5 rings (SSSR count). The van der Waals surface area contributed by atoms with Crippen LogP contribution >= 0.6 is 0 Å². The lowest BCUT2D eigenvalue weighted by molar-refractivity contribution is 0.0210. The molecule has 0 aliphatic carbocycles. The molecule has 1 aromatic carbocycles. The molecule has 1 aromatic rings. The number of ether oxygens (including phenoxy) is 1. The first-order chi connectivity index (χ1) is 13.1. The number of hydrogen-bond acceptors (Lipinski definition) is 4. The van der Waals surface area contributed by atoms with E-state index in [1.807, 2.05) is 7.05 Å². The molecule has 6 nitrogen and oxygen atoms in total. The van der Waals surface area contributed by atoms with E-state index in [4.69, 9.17) is 4.74 Å². The molecule has 4 heterocycles. The van der Waals surface area contributed by atoms with Gasteiger partial charge < -0.3 is 24.8 Å². The second-order valence-electron chi connectivity index (χ2n) is 8.45. The van der Waals surface area contributed by atoms with Gasteiger partial charge in [0.15, 0.2) is 0 Å². The molecular weight excluding hydrogens is 340 g/mol. The Kier molecular flexibility index (Phi) is 5.39. The Morgan fingerprint density at radius 3 is 2.52 bits per heavy atom. The number of nitrogens with one attached hydrogen (secondary N) is 1. The number of urea groups is 1. The van der Waals surface area contributed by atoms with Crippen molar-refractivity contribution in [2.75, 3.05) is 66.6 Å². The topological polar surface area (TPSA) is 48.1 Å². The Labute approximate surface area is 162 Å². The third-order valence-electron chi connectivity index (χ3n) is 6.61. The lowest BCUT2D eigenvalue weighted by Crippen LogP contribution is -2.71. The van der Waals surface area contributed by atoms with Gasteiger partial charge in [0.1, 0.15) is 0 Å². The molecular formula is C21H32N4O2. The monoisotopic (exact) mass is 372 g/mol. The van der Waals surface area contributed by atoms with Gasteiger partial charge in [-0.05, 0) is 12.0 Å². The standard InChI is InChI=1S/C21H32N4O2/c1-23(9-6-12-27-2)20(26)22-19-17-13-24-10-11-25(14-17)16-21(19,15-24)18-7-4-3-5-8-18/h3-5,7-8,17,19H,6,9-16H2,1-2H3,(H,22,26)/t17?,19-,21?/m1/s1. The Morgan fingerprint density at radius 2 is 1.89 bits per heavy atom. The molecule has 0 radical (unpaired) electrons. The summed E-state index contributed by atoms with van der Waals surface area (Å²) >= 11 is 0. The number of carbonyl (C=O) groups is 1. The summed E-state index contributed by atoms with van der Waals surface area (Å²) in [5, 5.41) is 3.45. The molecule has 4 bridgehead atoms. The average Bonchev–Trinajstić information content (AvgIpc) is 2.93. The zero-order valence-corrected chi connectivity index (χ0v) is 16.6. The molecule has 0 spiro atoms. The molecule has 6 heteroatoms. The minimum Gasteiger partial charge on any atom is -0.385 e. The van der Waals surface area contributed by atoms with E-state index in [0.717, 1.165) is 45.7 Å². The third-order valence-corrected chi connectivity index (χ3v) is 6.61. The van der Waals surface area contributed by atoms with Gasteiger partial charge in [-0.25, -0.2) is 4.79 Å². The first kappa shape index (κ1) is 18.7. The van der Waals surface area contributed by atoms with Crippen molar-refractivity contribution in [3.8, 4) is 0 Å². The molecule has 27 heavy (non-hydrogen) atoms. The Balaban J connectivity index is 1.58. The van der Waals surface area contributed by atoms with Crippen molar-refractivity contribution in [1.82, 2.24) is 20.0 Å². The summed E-state index contributed by atoms with van der Waals surface area (Å²) < 4.78 is 5.12. The van der Waals surface area contributed by atoms with E-state index in [9.17, 15) is 4.79 Å². The maximum absolute atomic E-state index is 12.9. The summed E-state index contributed by atoms with van der Waals surface area (Å²) in [6.07, 6.45) is 0.861. The van der Waals surface area contributed by atoms with Gasteiger partial charge in [-0.3, -0.25) is 0 Å². The van der Waals surface area contributed by atoms with Crippen LogP contribution in [0.25, 0.3) is 0 Å². The number of hydrogen-bond donors (Lipinski definition) is 1. The van der Waals surface area contributed by atoms with Gasteiger partial charge in [0, 0.05) is 84.0 Å². The van der Waals surface area contributed by atoms with Gasteiger partial charge in [-0.15, -0.1) is 0 Å². The van der Waals surface area contributed by atoms with Crippen molar-refractivity contribution in [2.24, 2.45) is 5.92 Å². The summed E-state index contributed by atoms with van der Waals surface area (Å²) in [7, 11) is 3.58. The molecule has 0 aromatic heterocycles. The van der Waals surface area contributed by atoms with Crippen molar-refractivity contribution in [2.45, 2.75) is 17.9 Å². The maximum atomic E-state index is 12.9. The quantitative estimate of drug-likeness (QED) is 0.763. The number of rotatable bonds is 6. The molecule has 4 fully saturated rings. The zero-order chi connectivity index (χ0) is 18.9. The fraction of sp³-hybridized carbons (Fsp3) is 0.667. The lowest BCUT2D eigenvalue weighted by atomic mass is 9.64. The van der Waals surface area contributed by atoms with Crippen molar-refractivity contribution < 1.29 is 9.53 Å². The number of methoxy groups -OCH3 is 1. The fourth-order valence-corrected chi connectivity index (χ4v) is 5.36. The number of piperidine rings is 2. The molecule has 3 atom stereocenters. The van der Waals surface area contributed by atoms with Crippen LogP contribution in [-0.4, -0.2) is 93.4 Å². The van der Waals surface area contributed by atoms with Crippen molar-refractivity contribution in [3.63, 3.8) is 0 Å². The van der Waals surface area contributed by atoms with Crippen molar-refractivity contribution >= 4 is 6.03 Å². The van der Waals surface area contributed by atoms with Crippen LogP contribution in [0.2, 0.25) is 0 Å². The van der Waals surface area contributed by atoms with Crippen LogP contribution in [0.15, 0.2) is 30.3 Å². The molecule has 4 aliphatic heterocycles. The Bertz CT molecular complexity index is 637. The molecule has 1 N–H and O–H groups in total. The average molecular weight is 373 g/mol. The molecule has 148 valence electrons. The second-order valence-corrected chi connectivity index (χ2v) is 8.45. The lowest BCUT2D eigenvalue weighted by Gasteiger charge is -2.56. The highest BCUT2D eigenvalue weighted by Gasteiger charge is 2.55. The number of nitrogens with zero attached hydrogens (tertiary/aromatic N) is 3. The highest BCUT2D eigenvalue weighted by Crippen LogP contribution is 2.43. The van der Waals surface area contributed by atoms with Gasteiger partial charge in [-0.2, -0.15) is 0 Å². The van der Waals surface area contributed by atoms with Crippen molar-refractivity contribution in [3.05, 3.63) is 35.9 Å². The van der Waals surface area contributed by atoms with Crippen LogP contribution < -0.4 is 5.32 Å². The van der Waals surface area contributed by atoms with Gasteiger partial charge in [0.2, 0.25) is 0 Å². The fourth-order valence-electron chi connectivity index (χ4n) is 5.36. The highest BCUT2D eigenvalue weighted by molar-refractivity contribution is 5.74.